The molecule has 3 aromatic rings. The van der Waals surface area contributed by atoms with Crippen LogP contribution in [0.2, 0.25) is 0 Å². The molecule has 0 saturated carbocycles. The molecule has 0 aliphatic rings. The lowest BCUT2D eigenvalue weighted by Gasteiger charge is -2.10. The van der Waals surface area contributed by atoms with E-state index in [2.05, 4.69) is 9.97 Å². The zero-order valence-corrected chi connectivity index (χ0v) is 13.8. The molecule has 0 amide bonds. The third kappa shape index (κ3) is 3.76. The molecule has 0 bridgehead atoms. The van der Waals surface area contributed by atoms with Crippen LogP contribution in [-0.2, 0) is 0 Å². The van der Waals surface area contributed by atoms with E-state index in [0.717, 1.165) is 26.6 Å². The maximum absolute atomic E-state index is 9.47. The van der Waals surface area contributed by atoms with Gasteiger partial charge in [-0.15, -0.1) is 11.3 Å². The molecular formula is C18H17N3OS. The Bertz CT molecular complexity index is 864. The zero-order chi connectivity index (χ0) is 16.2. The Hall–Kier alpha value is -2.66. The Labute approximate surface area is 139 Å². The quantitative estimate of drug-likeness (QED) is 0.731. The van der Waals surface area contributed by atoms with Crippen LogP contribution in [0.4, 0.5) is 5.82 Å². The fraction of sp³-hybridized carbons (Fsp3) is 0.111. The zero-order valence-electron chi connectivity index (χ0n) is 13.0. The van der Waals surface area contributed by atoms with Gasteiger partial charge in [0.05, 0.1) is 10.2 Å². The van der Waals surface area contributed by atoms with E-state index in [1.165, 1.54) is 0 Å². The van der Waals surface area contributed by atoms with Crippen molar-refractivity contribution in [3.8, 4) is 5.75 Å². The molecule has 116 valence electrons. The first kappa shape index (κ1) is 15.2. The van der Waals surface area contributed by atoms with Crippen LogP contribution in [0.3, 0.4) is 0 Å². The Kier molecular flexibility index (Phi) is 4.39. The summed E-state index contributed by atoms with van der Waals surface area (Å²) in [5, 5.41) is 10.4. The summed E-state index contributed by atoms with van der Waals surface area (Å²) in [6.45, 7) is 0. The topological polar surface area (TPSA) is 49.2 Å². The summed E-state index contributed by atoms with van der Waals surface area (Å²) in [5.74, 6) is 1.21. The van der Waals surface area contributed by atoms with Crippen LogP contribution < -0.4 is 4.90 Å². The minimum Gasteiger partial charge on any atom is -0.508 e. The predicted molar refractivity (Wildman–Crippen MR) is 97.9 cm³/mol. The average Bonchev–Trinajstić information content (AvgIpc) is 2.94. The molecule has 0 fully saturated rings. The van der Waals surface area contributed by atoms with Crippen LogP contribution in [-0.4, -0.2) is 29.2 Å². The van der Waals surface area contributed by atoms with Gasteiger partial charge in [0.1, 0.15) is 16.6 Å². The molecule has 0 spiro atoms. The second kappa shape index (κ2) is 6.62. The summed E-state index contributed by atoms with van der Waals surface area (Å²) in [7, 11) is 3.94. The number of anilines is 1. The van der Waals surface area contributed by atoms with Crippen molar-refractivity contribution in [2.24, 2.45) is 0 Å². The average molecular weight is 323 g/mol. The van der Waals surface area contributed by atoms with Gasteiger partial charge in [-0.05, 0) is 42.0 Å². The Balaban J connectivity index is 1.69. The van der Waals surface area contributed by atoms with E-state index in [9.17, 15) is 5.11 Å². The van der Waals surface area contributed by atoms with Gasteiger partial charge in [0.2, 0.25) is 0 Å². The van der Waals surface area contributed by atoms with Crippen LogP contribution in [0.5, 0.6) is 5.75 Å². The largest absolute Gasteiger partial charge is 0.508 e. The van der Waals surface area contributed by atoms with E-state index in [1.807, 2.05) is 67.7 Å². The number of thiazole rings is 1. The molecule has 0 unspecified atom stereocenters. The second-order valence-corrected chi connectivity index (χ2v) is 6.33. The summed E-state index contributed by atoms with van der Waals surface area (Å²) in [5.41, 5.74) is 1.95. The molecule has 1 N–H and O–H groups in total. The molecule has 2 aromatic heterocycles. The summed E-state index contributed by atoms with van der Waals surface area (Å²) in [6.07, 6.45) is 9.73. The smallest absolute Gasteiger partial charge is 0.127 e. The lowest BCUT2D eigenvalue weighted by molar-refractivity contribution is 0.476. The van der Waals surface area contributed by atoms with E-state index in [-0.39, 0.29) is 5.75 Å². The van der Waals surface area contributed by atoms with E-state index in [0.29, 0.717) is 0 Å². The van der Waals surface area contributed by atoms with Crippen LogP contribution in [0.25, 0.3) is 22.4 Å². The minimum atomic E-state index is 0.269. The molecule has 1 aromatic carbocycles. The standard InChI is InChI=1S/C18H17N3OS/c1-21(2)17-10-7-13(12-19-17)5-3-4-6-18-20-15-9-8-14(22)11-16(15)23-18/h3-12,22H,1-2H3. The Morgan fingerprint density at radius 3 is 2.65 bits per heavy atom. The summed E-state index contributed by atoms with van der Waals surface area (Å²) >= 11 is 1.55. The Morgan fingerprint density at radius 2 is 1.91 bits per heavy atom. The third-order valence-corrected chi connectivity index (χ3v) is 4.24. The van der Waals surface area contributed by atoms with Gasteiger partial charge in [-0.3, -0.25) is 0 Å². The van der Waals surface area contributed by atoms with Gasteiger partial charge in [-0.2, -0.15) is 0 Å². The van der Waals surface area contributed by atoms with Gasteiger partial charge >= 0.3 is 0 Å². The van der Waals surface area contributed by atoms with Crippen LogP contribution in [0.1, 0.15) is 10.6 Å². The number of nitrogens with zero attached hydrogens (tertiary/aromatic N) is 3. The molecular weight excluding hydrogens is 306 g/mol. The molecule has 0 radical (unpaired) electrons. The summed E-state index contributed by atoms with van der Waals surface area (Å²) < 4.78 is 0.983. The van der Waals surface area contributed by atoms with Gasteiger partial charge in [-0.1, -0.05) is 18.2 Å². The number of rotatable bonds is 4. The van der Waals surface area contributed by atoms with Crippen molar-refractivity contribution in [3.05, 3.63) is 59.3 Å². The lowest BCUT2D eigenvalue weighted by atomic mass is 10.2. The molecule has 4 nitrogen and oxygen atoms in total. The number of phenols is 1. The van der Waals surface area contributed by atoms with Gasteiger partial charge in [0, 0.05) is 20.3 Å². The summed E-state index contributed by atoms with van der Waals surface area (Å²) in [4.78, 5) is 10.8. The van der Waals surface area contributed by atoms with Gasteiger partial charge in [0.15, 0.2) is 0 Å². The maximum Gasteiger partial charge on any atom is 0.127 e. The van der Waals surface area contributed by atoms with Crippen molar-refractivity contribution in [3.63, 3.8) is 0 Å². The second-order valence-electron chi connectivity index (χ2n) is 5.27. The number of benzene rings is 1. The monoisotopic (exact) mass is 323 g/mol. The van der Waals surface area contributed by atoms with E-state index < -0.39 is 0 Å². The number of phenolic OH excluding ortho intramolecular Hbond substituents is 1. The molecule has 2 heterocycles. The van der Waals surface area contributed by atoms with Crippen molar-refractivity contribution in [1.82, 2.24) is 9.97 Å². The van der Waals surface area contributed by atoms with Crippen LogP contribution >= 0.6 is 11.3 Å². The number of fused-ring (bicyclic) bond motifs is 1. The molecule has 5 heteroatoms. The SMILES string of the molecule is CN(C)c1ccc(C=CC=Cc2nc3ccc(O)cc3s2)cn1. The minimum absolute atomic E-state index is 0.269. The highest BCUT2D eigenvalue weighted by atomic mass is 32.1. The van der Waals surface area contributed by atoms with E-state index in [1.54, 1.807) is 23.5 Å². The van der Waals surface area contributed by atoms with Crippen molar-refractivity contribution in [2.75, 3.05) is 19.0 Å². The van der Waals surface area contributed by atoms with Gasteiger partial charge in [-0.25, -0.2) is 9.97 Å². The highest BCUT2D eigenvalue weighted by Gasteiger charge is 2.01. The van der Waals surface area contributed by atoms with Gasteiger partial charge in [0.25, 0.3) is 0 Å². The number of aromatic nitrogens is 2. The highest BCUT2D eigenvalue weighted by Crippen LogP contribution is 2.26. The number of hydrogen-bond acceptors (Lipinski definition) is 5. The predicted octanol–water partition coefficient (Wildman–Crippen LogP) is 4.19. The third-order valence-electron chi connectivity index (χ3n) is 3.26. The van der Waals surface area contributed by atoms with Crippen molar-refractivity contribution >= 4 is 39.5 Å². The number of aromatic hydroxyl groups is 1. The van der Waals surface area contributed by atoms with Crippen molar-refractivity contribution < 1.29 is 5.11 Å². The van der Waals surface area contributed by atoms with Crippen LogP contribution in [0, 0.1) is 0 Å². The number of allylic oxidation sites excluding steroid dienone is 2. The number of pyridine rings is 1. The van der Waals surface area contributed by atoms with Crippen molar-refractivity contribution in [1.29, 1.82) is 0 Å². The van der Waals surface area contributed by atoms with Crippen molar-refractivity contribution in [2.45, 2.75) is 0 Å². The summed E-state index contributed by atoms with van der Waals surface area (Å²) in [6, 6.07) is 9.24. The van der Waals surface area contributed by atoms with E-state index in [4.69, 9.17) is 0 Å². The molecule has 0 aliphatic heterocycles. The maximum atomic E-state index is 9.47. The molecule has 23 heavy (non-hydrogen) atoms. The highest BCUT2D eigenvalue weighted by molar-refractivity contribution is 7.19. The van der Waals surface area contributed by atoms with E-state index >= 15 is 0 Å². The first-order valence-electron chi connectivity index (χ1n) is 7.19. The normalized spacial score (nSPS) is 11.7. The fourth-order valence-electron chi connectivity index (χ4n) is 2.07. The molecule has 3 rings (SSSR count). The lowest BCUT2D eigenvalue weighted by Crippen LogP contribution is -2.09. The van der Waals surface area contributed by atoms with Gasteiger partial charge < -0.3 is 10.0 Å². The van der Waals surface area contributed by atoms with Crippen LogP contribution in [0.15, 0.2) is 48.7 Å². The molecule has 0 atom stereocenters. The first-order valence-corrected chi connectivity index (χ1v) is 8.01. The number of hydrogen-bond donors (Lipinski definition) is 1. The molecule has 0 aliphatic carbocycles. The Morgan fingerprint density at radius 1 is 1.09 bits per heavy atom. The fourth-order valence-corrected chi connectivity index (χ4v) is 2.98. The molecule has 0 saturated heterocycles. The first-order chi connectivity index (χ1) is 11.1.